The predicted octanol–water partition coefficient (Wildman–Crippen LogP) is 3.38. The number of rotatable bonds is 7. The van der Waals surface area contributed by atoms with Crippen LogP contribution in [0.4, 0.5) is 5.69 Å². The number of methoxy groups -OCH3 is 1. The van der Waals surface area contributed by atoms with Crippen LogP contribution >= 0.6 is 0 Å². The van der Waals surface area contributed by atoms with Crippen molar-refractivity contribution in [3.05, 3.63) is 59.7 Å². The smallest absolute Gasteiger partial charge is 0.259 e. The fraction of sp³-hybridized carbons (Fsp3) is 0.263. The molecule has 5 heteroatoms. The molecule has 2 aromatic rings. The third kappa shape index (κ3) is 5.12. The van der Waals surface area contributed by atoms with E-state index in [1.54, 1.807) is 13.3 Å². The molecule has 0 aliphatic rings. The average molecular weight is 325 g/mol. The first-order valence-electron chi connectivity index (χ1n) is 7.89. The maximum atomic E-state index is 11.8. The topological polar surface area (TPSA) is 62.7 Å². The third-order valence-corrected chi connectivity index (χ3v) is 3.55. The molecule has 0 saturated carbocycles. The van der Waals surface area contributed by atoms with Crippen molar-refractivity contribution >= 4 is 17.8 Å². The van der Waals surface area contributed by atoms with E-state index >= 15 is 0 Å². The summed E-state index contributed by atoms with van der Waals surface area (Å²) in [5, 5.41) is 7.00. The van der Waals surface area contributed by atoms with Gasteiger partial charge in [0.2, 0.25) is 0 Å². The van der Waals surface area contributed by atoms with E-state index in [1.807, 2.05) is 36.4 Å². The van der Waals surface area contributed by atoms with Gasteiger partial charge in [-0.3, -0.25) is 4.79 Å². The van der Waals surface area contributed by atoms with Gasteiger partial charge in [0.1, 0.15) is 5.75 Å². The van der Waals surface area contributed by atoms with Crippen LogP contribution in [0.1, 0.15) is 30.9 Å². The summed E-state index contributed by atoms with van der Waals surface area (Å²) in [5.41, 5.74) is 5.49. The van der Waals surface area contributed by atoms with Crippen molar-refractivity contribution in [3.63, 3.8) is 0 Å². The monoisotopic (exact) mass is 325 g/mol. The second-order valence-corrected chi connectivity index (χ2v) is 5.67. The summed E-state index contributed by atoms with van der Waals surface area (Å²) >= 11 is 0. The van der Waals surface area contributed by atoms with Crippen molar-refractivity contribution in [1.29, 1.82) is 0 Å². The zero-order valence-electron chi connectivity index (χ0n) is 14.2. The summed E-state index contributed by atoms with van der Waals surface area (Å²) in [7, 11) is 1.59. The molecular weight excluding hydrogens is 302 g/mol. The Balaban J connectivity index is 1.82. The number of carbonyl (C=O) groups is 1. The zero-order valence-corrected chi connectivity index (χ0v) is 14.2. The molecule has 5 nitrogen and oxygen atoms in total. The van der Waals surface area contributed by atoms with Crippen LogP contribution in [0.5, 0.6) is 5.75 Å². The number of carbonyl (C=O) groups excluding carboxylic acids is 1. The maximum absolute atomic E-state index is 11.8. The second-order valence-electron chi connectivity index (χ2n) is 5.67. The van der Waals surface area contributed by atoms with Gasteiger partial charge in [0.25, 0.3) is 5.91 Å². The van der Waals surface area contributed by atoms with Gasteiger partial charge >= 0.3 is 0 Å². The lowest BCUT2D eigenvalue weighted by molar-refractivity contribution is -0.119. The Morgan fingerprint density at radius 1 is 1.17 bits per heavy atom. The average Bonchev–Trinajstić information content (AvgIpc) is 2.60. The van der Waals surface area contributed by atoms with Crippen LogP contribution in [0.2, 0.25) is 0 Å². The number of para-hydroxylation sites is 2. The first kappa shape index (κ1) is 17.5. The molecule has 0 bridgehead atoms. The lowest BCUT2D eigenvalue weighted by atomic mass is 10.0. The van der Waals surface area contributed by atoms with E-state index < -0.39 is 0 Å². The molecule has 24 heavy (non-hydrogen) atoms. The molecule has 2 aromatic carbocycles. The van der Waals surface area contributed by atoms with Crippen LogP contribution in [-0.4, -0.2) is 25.8 Å². The number of nitrogens with one attached hydrogen (secondary N) is 2. The van der Waals surface area contributed by atoms with Gasteiger partial charge in [0.05, 0.1) is 25.6 Å². The molecule has 0 spiro atoms. The molecule has 0 aliphatic heterocycles. The van der Waals surface area contributed by atoms with Crippen LogP contribution in [0.25, 0.3) is 0 Å². The van der Waals surface area contributed by atoms with Crippen molar-refractivity contribution in [3.8, 4) is 5.75 Å². The fourth-order valence-corrected chi connectivity index (χ4v) is 2.15. The minimum absolute atomic E-state index is 0.115. The lowest BCUT2D eigenvalue weighted by Crippen LogP contribution is -2.26. The first-order valence-corrected chi connectivity index (χ1v) is 7.89. The van der Waals surface area contributed by atoms with Crippen molar-refractivity contribution in [1.82, 2.24) is 5.43 Å². The van der Waals surface area contributed by atoms with E-state index in [9.17, 15) is 4.79 Å². The lowest BCUT2D eigenvalue weighted by Gasteiger charge is -2.09. The van der Waals surface area contributed by atoms with E-state index in [0.29, 0.717) is 11.7 Å². The molecule has 0 aliphatic carbocycles. The molecule has 0 fully saturated rings. The summed E-state index contributed by atoms with van der Waals surface area (Å²) < 4.78 is 5.22. The van der Waals surface area contributed by atoms with Gasteiger partial charge in [-0.25, -0.2) is 5.43 Å². The van der Waals surface area contributed by atoms with Gasteiger partial charge in [-0.2, -0.15) is 5.10 Å². The summed E-state index contributed by atoms with van der Waals surface area (Å²) in [4.78, 5) is 11.8. The SMILES string of the molecule is COc1ccccc1NCC(=O)NN=Cc1ccc(C(C)C)cc1. The van der Waals surface area contributed by atoms with Crippen molar-refractivity contribution in [2.75, 3.05) is 19.0 Å². The molecule has 2 rings (SSSR count). The predicted molar refractivity (Wildman–Crippen MR) is 97.8 cm³/mol. The molecule has 0 aromatic heterocycles. The van der Waals surface area contributed by atoms with E-state index in [2.05, 4.69) is 41.8 Å². The number of ether oxygens (including phenoxy) is 1. The van der Waals surface area contributed by atoms with Crippen molar-refractivity contribution in [2.45, 2.75) is 19.8 Å². The van der Waals surface area contributed by atoms with E-state index in [1.165, 1.54) is 5.56 Å². The van der Waals surface area contributed by atoms with E-state index in [4.69, 9.17) is 4.74 Å². The minimum atomic E-state index is -0.226. The minimum Gasteiger partial charge on any atom is -0.495 e. The van der Waals surface area contributed by atoms with Crippen LogP contribution in [0.15, 0.2) is 53.6 Å². The summed E-state index contributed by atoms with van der Waals surface area (Å²) in [6, 6.07) is 15.5. The molecule has 2 N–H and O–H groups in total. The molecule has 0 heterocycles. The van der Waals surface area contributed by atoms with Crippen LogP contribution in [-0.2, 0) is 4.79 Å². The normalized spacial score (nSPS) is 10.8. The maximum Gasteiger partial charge on any atom is 0.259 e. The number of anilines is 1. The standard InChI is InChI=1S/C19H23N3O2/c1-14(2)16-10-8-15(9-11-16)12-21-22-19(23)13-20-17-6-4-5-7-18(17)24-3/h4-12,14,20H,13H2,1-3H3,(H,22,23). The van der Waals surface area contributed by atoms with Crippen LogP contribution in [0.3, 0.4) is 0 Å². The highest BCUT2D eigenvalue weighted by molar-refractivity contribution is 5.84. The van der Waals surface area contributed by atoms with E-state index in [-0.39, 0.29) is 12.5 Å². The van der Waals surface area contributed by atoms with Gasteiger partial charge in [-0.05, 0) is 29.2 Å². The Morgan fingerprint density at radius 2 is 1.88 bits per heavy atom. The van der Waals surface area contributed by atoms with Gasteiger partial charge in [0, 0.05) is 0 Å². The highest BCUT2D eigenvalue weighted by atomic mass is 16.5. The number of benzene rings is 2. The highest BCUT2D eigenvalue weighted by Gasteiger charge is 2.04. The molecule has 0 atom stereocenters. The summed E-state index contributed by atoms with van der Waals surface area (Å²) in [6.45, 7) is 4.42. The largest absolute Gasteiger partial charge is 0.495 e. The second kappa shape index (κ2) is 8.72. The number of hydrogen-bond acceptors (Lipinski definition) is 4. The van der Waals surface area contributed by atoms with Gasteiger partial charge in [-0.1, -0.05) is 50.2 Å². The van der Waals surface area contributed by atoms with Crippen LogP contribution in [0, 0.1) is 0 Å². The van der Waals surface area contributed by atoms with Crippen LogP contribution < -0.4 is 15.5 Å². The van der Waals surface area contributed by atoms with Crippen molar-refractivity contribution < 1.29 is 9.53 Å². The Bertz CT molecular complexity index is 694. The summed E-state index contributed by atoms with van der Waals surface area (Å²) in [6.07, 6.45) is 1.63. The van der Waals surface area contributed by atoms with Gasteiger partial charge in [-0.15, -0.1) is 0 Å². The summed E-state index contributed by atoms with van der Waals surface area (Å²) in [5.74, 6) is 0.965. The van der Waals surface area contributed by atoms with Gasteiger partial charge < -0.3 is 10.1 Å². The van der Waals surface area contributed by atoms with Gasteiger partial charge in [0.15, 0.2) is 0 Å². The molecule has 0 saturated heterocycles. The fourth-order valence-electron chi connectivity index (χ4n) is 2.15. The Kier molecular flexibility index (Phi) is 6.37. The first-order chi connectivity index (χ1) is 11.6. The molecular formula is C19H23N3O2. The number of hydrazone groups is 1. The third-order valence-electron chi connectivity index (χ3n) is 3.55. The quantitative estimate of drug-likeness (QED) is 0.606. The molecule has 0 radical (unpaired) electrons. The van der Waals surface area contributed by atoms with Crippen molar-refractivity contribution in [2.24, 2.45) is 5.10 Å². The number of hydrogen-bond donors (Lipinski definition) is 2. The zero-order chi connectivity index (χ0) is 17.4. The Labute approximate surface area is 142 Å². The Hall–Kier alpha value is -2.82. The molecule has 1 amide bonds. The highest BCUT2D eigenvalue weighted by Crippen LogP contribution is 2.22. The number of nitrogens with zero attached hydrogens (tertiary/aromatic N) is 1. The molecule has 126 valence electrons. The number of amides is 1. The Morgan fingerprint density at radius 3 is 2.54 bits per heavy atom. The molecule has 0 unspecified atom stereocenters. The van der Waals surface area contributed by atoms with E-state index in [0.717, 1.165) is 11.3 Å².